The normalized spacial score (nSPS) is 13.7. The third kappa shape index (κ3) is 45.2. The second kappa shape index (κ2) is 46.2. The lowest BCUT2D eigenvalue weighted by molar-refractivity contribution is -0.161. The van der Waals surface area contributed by atoms with Gasteiger partial charge in [-0.3, -0.25) is 18.6 Å². The van der Waals surface area contributed by atoms with Crippen LogP contribution >= 0.6 is 7.82 Å². The van der Waals surface area contributed by atoms with E-state index in [1.807, 2.05) is 12.2 Å². The zero-order valence-corrected chi connectivity index (χ0v) is 39.3. The Kier molecular flexibility index (Phi) is 44.5. The molecule has 0 aromatic rings. The summed E-state index contributed by atoms with van der Waals surface area (Å²) in [6, 6.07) is 0. The third-order valence-electron chi connectivity index (χ3n) is 10.2. The number of ether oxygens (including phenoxy) is 2. The van der Waals surface area contributed by atoms with Gasteiger partial charge in [0, 0.05) is 19.4 Å². The molecule has 0 fully saturated rings. The Hall–Kier alpha value is -2.29. The maximum absolute atomic E-state index is 12.6. The van der Waals surface area contributed by atoms with Crippen LogP contribution in [0.4, 0.5) is 0 Å². The number of unbranched alkanes of at least 4 members (excludes halogenated alkanes) is 22. The van der Waals surface area contributed by atoms with Crippen molar-refractivity contribution in [3.8, 4) is 0 Å². The van der Waals surface area contributed by atoms with Crippen LogP contribution in [0, 0.1) is 0 Å². The van der Waals surface area contributed by atoms with Gasteiger partial charge in [-0.2, -0.15) is 0 Å². The Morgan fingerprint density at radius 1 is 0.500 bits per heavy atom. The molecule has 0 aliphatic rings. The fourth-order valence-electron chi connectivity index (χ4n) is 6.56. The average molecular weight is 864 g/mol. The first-order valence-corrected chi connectivity index (χ1v) is 25.8. The number of phosphoric acid groups is 1. The highest BCUT2D eigenvalue weighted by Crippen LogP contribution is 2.43. The molecular formula is C50H90NO8P. The molecule has 0 amide bonds. The van der Waals surface area contributed by atoms with Crippen LogP contribution in [0.5, 0.6) is 0 Å². The van der Waals surface area contributed by atoms with Crippen LogP contribution in [0.25, 0.3) is 0 Å². The topological polar surface area (TPSA) is 134 Å². The molecule has 3 N–H and O–H groups in total. The van der Waals surface area contributed by atoms with Gasteiger partial charge in [-0.15, -0.1) is 0 Å². The molecule has 9 nitrogen and oxygen atoms in total. The minimum absolute atomic E-state index is 0.0410. The van der Waals surface area contributed by atoms with E-state index in [1.165, 1.54) is 135 Å². The Morgan fingerprint density at radius 3 is 1.35 bits per heavy atom. The molecule has 0 saturated carbocycles. The molecule has 0 rings (SSSR count). The van der Waals surface area contributed by atoms with Crippen LogP contribution in [-0.2, 0) is 32.7 Å². The van der Waals surface area contributed by atoms with Crippen molar-refractivity contribution < 1.29 is 37.6 Å². The van der Waals surface area contributed by atoms with Crippen molar-refractivity contribution in [1.82, 2.24) is 0 Å². The molecule has 0 radical (unpaired) electrons. The largest absolute Gasteiger partial charge is 0.472 e. The van der Waals surface area contributed by atoms with Gasteiger partial charge in [0.1, 0.15) is 6.61 Å². The Labute approximate surface area is 368 Å². The molecule has 0 aliphatic carbocycles. The lowest BCUT2D eigenvalue weighted by Gasteiger charge is -2.19. The predicted octanol–water partition coefficient (Wildman–Crippen LogP) is 14.4. The number of hydrogen-bond donors (Lipinski definition) is 2. The molecular weight excluding hydrogens is 774 g/mol. The molecule has 0 aromatic heterocycles. The van der Waals surface area contributed by atoms with Crippen molar-refractivity contribution in [1.29, 1.82) is 0 Å². The molecule has 0 aromatic carbocycles. The summed E-state index contributed by atoms with van der Waals surface area (Å²) in [6.07, 6.45) is 55.6. The molecule has 2 atom stereocenters. The number of phosphoric ester groups is 1. The zero-order chi connectivity index (χ0) is 43.9. The van der Waals surface area contributed by atoms with Gasteiger partial charge in [0.15, 0.2) is 6.10 Å². The van der Waals surface area contributed by atoms with Gasteiger partial charge >= 0.3 is 19.8 Å². The molecule has 0 saturated heterocycles. The van der Waals surface area contributed by atoms with Gasteiger partial charge in [-0.05, 0) is 51.4 Å². The van der Waals surface area contributed by atoms with E-state index in [9.17, 15) is 19.0 Å². The Bertz CT molecular complexity index is 1170. The molecule has 0 heterocycles. The number of rotatable bonds is 45. The van der Waals surface area contributed by atoms with Crippen LogP contribution in [0.15, 0.2) is 60.8 Å². The quantitative estimate of drug-likeness (QED) is 0.0265. The van der Waals surface area contributed by atoms with Crippen molar-refractivity contribution in [3.63, 3.8) is 0 Å². The van der Waals surface area contributed by atoms with E-state index in [0.717, 1.165) is 44.9 Å². The number of allylic oxidation sites excluding steroid dienone is 10. The second-order valence-electron chi connectivity index (χ2n) is 16.0. The maximum atomic E-state index is 12.6. The third-order valence-corrected chi connectivity index (χ3v) is 11.2. The standard InChI is InChI=1S/C50H90NO8P/c1-3-5-7-9-11-13-15-17-19-21-23-25-26-28-30-32-34-36-38-40-42-49(52)56-46-48(47-58-60(54,55)57-45-44-51)59-50(53)43-41-39-37-35-33-31-29-27-24-22-20-18-16-14-12-10-8-6-4-2/h12,14,18,20,24,27,31,33,37,39,48H,3-11,13,15-17,19,21-23,25-26,28-30,32,34-36,38,40-47,51H2,1-2H3,(H,54,55)/b14-12+,20-18+,27-24+,33-31+,39-37+/t48-/m1/s1. The summed E-state index contributed by atoms with van der Waals surface area (Å²) in [5.74, 6) is -0.920. The summed E-state index contributed by atoms with van der Waals surface area (Å²) in [5.41, 5.74) is 5.35. The zero-order valence-electron chi connectivity index (χ0n) is 38.4. The smallest absolute Gasteiger partial charge is 0.462 e. The highest BCUT2D eigenvalue weighted by atomic mass is 31.2. The molecule has 1 unspecified atom stereocenters. The van der Waals surface area contributed by atoms with Crippen molar-refractivity contribution >= 4 is 19.8 Å². The van der Waals surface area contributed by atoms with Crippen LogP contribution in [0.1, 0.15) is 213 Å². The SMILES string of the molecule is CCCCC/C=C/C/C=C/C/C=C/C/C=C/C/C=C/CCC(=O)O[C@H](COC(=O)CCCCCCCCCCCCCCCCCCCCCC)COP(=O)(O)OCCN. The fraction of sp³-hybridized carbons (Fsp3) is 0.760. The van der Waals surface area contributed by atoms with E-state index in [-0.39, 0.29) is 32.6 Å². The lowest BCUT2D eigenvalue weighted by atomic mass is 10.0. The molecule has 0 bridgehead atoms. The van der Waals surface area contributed by atoms with Gasteiger partial charge in [0.25, 0.3) is 0 Å². The molecule has 0 aliphatic heterocycles. The van der Waals surface area contributed by atoms with E-state index in [1.54, 1.807) is 0 Å². The average Bonchev–Trinajstić information content (AvgIpc) is 3.24. The Morgan fingerprint density at radius 2 is 0.900 bits per heavy atom. The highest BCUT2D eigenvalue weighted by molar-refractivity contribution is 7.47. The molecule has 348 valence electrons. The van der Waals surface area contributed by atoms with Crippen molar-refractivity contribution in [2.24, 2.45) is 5.73 Å². The van der Waals surface area contributed by atoms with Gasteiger partial charge in [0.05, 0.1) is 13.2 Å². The first-order chi connectivity index (χ1) is 29.3. The summed E-state index contributed by atoms with van der Waals surface area (Å²) >= 11 is 0. The number of hydrogen-bond acceptors (Lipinski definition) is 8. The predicted molar refractivity (Wildman–Crippen MR) is 252 cm³/mol. The second-order valence-corrected chi connectivity index (χ2v) is 17.4. The van der Waals surface area contributed by atoms with Crippen molar-refractivity contribution in [2.75, 3.05) is 26.4 Å². The van der Waals surface area contributed by atoms with Crippen molar-refractivity contribution in [3.05, 3.63) is 60.8 Å². The fourth-order valence-corrected chi connectivity index (χ4v) is 7.32. The summed E-state index contributed by atoms with van der Waals surface area (Å²) in [5, 5.41) is 0. The van der Waals surface area contributed by atoms with Gasteiger partial charge in [0.2, 0.25) is 0 Å². The number of carbonyl (C=O) groups is 2. The maximum Gasteiger partial charge on any atom is 0.472 e. The molecule has 10 heteroatoms. The summed E-state index contributed by atoms with van der Waals surface area (Å²) in [7, 11) is -4.40. The van der Waals surface area contributed by atoms with Crippen molar-refractivity contribution in [2.45, 2.75) is 219 Å². The minimum atomic E-state index is -4.40. The van der Waals surface area contributed by atoms with Crippen LogP contribution in [-0.4, -0.2) is 49.3 Å². The van der Waals surface area contributed by atoms with Crippen LogP contribution in [0.2, 0.25) is 0 Å². The van der Waals surface area contributed by atoms with E-state index in [0.29, 0.717) is 6.42 Å². The number of esters is 2. The van der Waals surface area contributed by atoms with E-state index in [4.69, 9.17) is 24.3 Å². The summed E-state index contributed by atoms with van der Waals surface area (Å²) in [6.45, 7) is 3.64. The van der Waals surface area contributed by atoms with E-state index in [2.05, 4.69) is 62.5 Å². The first kappa shape index (κ1) is 57.7. The van der Waals surface area contributed by atoms with Crippen LogP contribution < -0.4 is 5.73 Å². The molecule has 60 heavy (non-hydrogen) atoms. The van der Waals surface area contributed by atoms with Gasteiger partial charge in [-0.1, -0.05) is 209 Å². The number of carbonyl (C=O) groups excluding carboxylic acids is 2. The molecule has 0 spiro atoms. The van der Waals surface area contributed by atoms with Crippen LogP contribution in [0.3, 0.4) is 0 Å². The van der Waals surface area contributed by atoms with Gasteiger partial charge < -0.3 is 20.1 Å². The minimum Gasteiger partial charge on any atom is -0.462 e. The summed E-state index contributed by atoms with van der Waals surface area (Å²) in [4.78, 5) is 34.9. The lowest BCUT2D eigenvalue weighted by Crippen LogP contribution is -2.29. The first-order valence-electron chi connectivity index (χ1n) is 24.3. The summed E-state index contributed by atoms with van der Waals surface area (Å²) < 4.78 is 32.8. The van der Waals surface area contributed by atoms with E-state index >= 15 is 0 Å². The number of nitrogens with two attached hydrogens (primary N) is 1. The Balaban J connectivity index is 4.18. The monoisotopic (exact) mass is 864 g/mol. The van der Waals surface area contributed by atoms with Gasteiger partial charge in [-0.25, -0.2) is 4.57 Å². The van der Waals surface area contributed by atoms with E-state index < -0.39 is 32.5 Å². The highest BCUT2D eigenvalue weighted by Gasteiger charge is 2.25.